The fourth-order valence-electron chi connectivity index (χ4n) is 2.44. The topological polar surface area (TPSA) is 64.2 Å². The minimum absolute atomic E-state index is 0.192. The van der Waals surface area contributed by atoms with Gasteiger partial charge in [-0.25, -0.2) is 4.68 Å². The van der Waals surface area contributed by atoms with Gasteiger partial charge in [0.05, 0.1) is 4.92 Å². The van der Waals surface area contributed by atoms with Crippen molar-refractivity contribution in [1.82, 2.24) is 9.78 Å². The lowest BCUT2D eigenvalue weighted by Gasteiger charge is -2.27. The van der Waals surface area contributed by atoms with E-state index in [1.54, 1.807) is 11.7 Å². The van der Waals surface area contributed by atoms with Crippen molar-refractivity contribution in [3.05, 3.63) is 15.8 Å². The normalized spacial score (nSPS) is 16.2. The summed E-state index contributed by atoms with van der Waals surface area (Å²) in [5, 5.41) is 15.4. The molecule has 1 aromatic rings. The van der Waals surface area contributed by atoms with Crippen LogP contribution >= 0.6 is 0 Å². The van der Waals surface area contributed by atoms with Crippen LogP contribution in [0.5, 0.6) is 0 Å². The molecule has 0 unspecified atom stereocenters. The second kappa shape index (κ2) is 4.73. The summed E-state index contributed by atoms with van der Waals surface area (Å²) in [6, 6.07) is 0. The van der Waals surface area contributed by atoms with Crippen molar-refractivity contribution in [2.24, 2.45) is 7.05 Å². The van der Waals surface area contributed by atoms with E-state index in [0.717, 1.165) is 25.9 Å². The van der Waals surface area contributed by atoms with Gasteiger partial charge in [0.25, 0.3) is 0 Å². The number of aromatic nitrogens is 2. The third-order valence-corrected chi connectivity index (χ3v) is 3.24. The van der Waals surface area contributed by atoms with E-state index >= 15 is 0 Å². The van der Waals surface area contributed by atoms with Gasteiger partial charge in [-0.05, 0) is 25.7 Å². The van der Waals surface area contributed by atoms with Crippen LogP contribution in [0.3, 0.4) is 0 Å². The Bertz CT molecular complexity index is 421. The fourth-order valence-corrected chi connectivity index (χ4v) is 2.44. The molecule has 0 aromatic carbocycles. The molecule has 1 aliphatic rings. The molecule has 0 N–H and O–H groups in total. The number of nitro groups is 1. The largest absolute Gasteiger partial charge is 0.351 e. The molecule has 0 aliphatic carbocycles. The van der Waals surface area contributed by atoms with Gasteiger partial charge in [0.1, 0.15) is 5.69 Å². The van der Waals surface area contributed by atoms with Gasteiger partial charge in [-0.15, -0.1) is 0 Å². The monoisotopic (exact) mass is 238 g/mol. The maximum atomic E-state index is 11.2. The highest BCUT2D eigenvalue weighted by Crippen LogP contribution is 2.33. The molecular weight excluding hydrogens is 220 g/mol. The molecule has 0 spiro atoms. The van der Waals surface area contributed by atoms with Gasteiger partial charge < -0.3 is 4.90 Å². The third-order valence-electron chi connectivity index (χ3n) is 3.24. The molecule has 94 valence electrons. The lowest BCUT2D eigenvalue weighted by Crippen LogP contribution is -2.31. The Morgan fingerprint density at radius 2 is 2.00 bits per heavy atom. The molecule has 1 aromatic heterocycles. The summed E-state index contributed by atoms with van der Waals surface area (Å²) in [5.74, 6) is 0.673. The average Bonchev–Trinajstić information content (AvgIpc) is 2.67. The first-order valence-corrected chi connectivity index (χ1v) is 6.10. The van der Waals surface area contributed by atoms with Crippen LogP contribution in [0.4, 0.5) is 11.5 Å². The Morgan fingerprint density at radius 1 is 1.35 bits per heavy atom. The van der Waals surface area contributed by atoms with E-state index in [4.69, 9.17) is 0 Å². The van der Waals surface area contributed by atoms with Gasteiger partial charge in [-0.1, -0.05) is 6.92 Å². The maximum Gasteiger partial charge on any atom is 0.334 e. The number of hydrogen-bond donors (Lipinski definition) is 0. The molecule has 17 heavy (non-hydrogen) atoms. The van der Waals surface area contributed by atoms with Gasteiger partial charge in [0, 0.05) is 20.1 Å². The quantitative estimate of drug-likeness (QED) is 0.595. The van der Waals surface area contributed by atoms with Crippen LogP contribution in [0, 0.1) is 10.1 Å². The van der Waals surface area contributed by atoms with E-state index in [-0.39, 0.29) is 10.6 Å². The lowest BCUT2D eigenvalue weighted by molar-refractivity contribution is -0.384. The first kappa shape index (κ1) is 11.9. The minimum atomic E-state index is -0.296. The summed E-state index contributed by atoms with van der Waals surface area (Å²) in [6.45, 7) is 3.68. The number of anilines is 1. The highest BCUT2D eigenvalue weighted by atomic mass is 16.6. The van der Waals surface area contributed by atoms with Crippen molar-refractivity contribution >= 4 is 11.5 Å². The van der Waals surface area contributed by atoms with Crippen molar-refractivity contribution in [1.29, 1.82) is 0 Å². The number of piperidine rings is 1. The average molecular weight is 238 g/mol. The number of nitrogens with zero attached hydrogens (tertiary/aromatic N) is 4. The van der Waals surface area contributed by atoms with Crippen LogP contribution in [0.2, 0.25) is 0 Å². The summed E-state index contributed by atoms with van der Waals surface area (Å²) in [5.41, 5.74) is 0.773. The van der Waals surface area contributed by atoms with Gasteiger partial charge in [0.2, 0.25) is 5.82 Å². The maximum absolute atomic E-state index is 11.2. The van der Waals surface area contributed by atoms with Crippen molar-refractivity contribution < 1.29 is 4.92 Å². The van der Waals surface area contributed by atoms with E-state index in [2.05, 4.69) is 10.00 Å². The van der Waals surface area contributed by atoms with E-state index in [1.807, 2.05) is 6.92 Å². The number of aryl methyl sites for hydroxylation is 2. The van der Waals surface area contributed by atoms with Crippen LogP contribution in [0.15, 0.2) is 0 Å². The molecule has 6 nitrogen and oxygen atoms in total. The Balaban J connectivity index is 2.43. The predicted octanol–water partition coefficient (Wildman–Crippen LogP) is 1.88. The highest BCUT2D eigenvalue weighted by Gasteiger charge is 2.29. The number of hydrogen-bond acceptors (Lipinski definition) is 4. The molecule has 0 saturated carbocycles. The smallest absolute Gasteiger partial charge is 0.334 e. The van der Waals surface area contributed by atoms with Gasteiger partial charge in [-0.2, -0.15) is 5.10 Å². The van der Waals surface area contributed by atoms with Crippen LogP contribution in [0.1, 0.15) is 31.9 Å². The first-order chi connectivity index (χ1) is 8.15. The van der Waals surface area contributed by atoms with E-state index in [1.165, 1.54) is 6.42 Å². The number of rotatable bonds is 3. The van der Waals surface area contributed by atoms with E-state index < -0.39 is 0 Å². The molecule has 0 atom stereocenters. The van der Waals surface area contributed by atoms with Crippen molar-refractivity contribution in [2.75, 3.05) is 18.0 Å². The van der Waals surface area contributed by atoms with Gasteiger partial charge in [-0.3, -0.25) is 10.1 Å². The molecular formula is C11H18N4O2. The van der Waals surface area contributed by atoms with Crippen LogP contribution in [0.25, 0.3) is 0 Å². The lowest BCUT2D eigenvalue weighted by atomic mass is 10.1. The van der Waals surface area contributed by atoms with Gasteiger partial charge >= 0.3 is 5.69 Å². The Kier molecular flexibility index (Phi) is 3.31. The Hall–Kier alpha value is -1.59. The fraction of sp³-hybridized carbons (Fsp3) is 0.727. The van der Waals surface area contributed by atoms with Crippen LogP contribution in [-0.2, 0) is 13.5 Å². The molecule has 1 aliphatic heterocycles. The second-order valence-corrected chi connectivity index (χ2v) is 4.40. The zero-order valence-corrected chi connectivity index (χ0v) is 10.3. The molecule has 0 bridgehead atoms. The minimum Gasteiger partial charge on any atom is -0.351 e. The van der Waals surface area contributed by atoms with E-state index in [9.17, 15) is 10.1 Å². The SMILES string of the molecule is CCc1nn(C)c(N2CCCCC2)c1[N+](=O)[O-]. The molecule has 0 radical (unpaired) electrons. The summed E-state index contributed by atoms with van der Waals surface area (Å²) >= 11 is 0. The summed E-state index contributed by atoms with van der Waals surface area (Å²) in [4.78, 5) is 13.0. The molecule has 0 amide bonds. The highest BCUT2D eigenvalue weighted by molar-refractivity contribution is 5.61. The Labute approximate surface area is 100 Å². The third kappa shape index (κ3) is 2.11. The molecule has 6 heteroatoms. The molecule has 1 fully saturated rings. The van der Waals surface area contributed by atoms with Crippen LogP contribution < -0.4 is 4.90 Å². The Morgan fingerprint density at radius 3 is 2.53 bits per heavy atom. The zero-order valence-electron chi connectivity index (χ0n) is 10.3. The van der Waals surface area contributed by atoms with Crippen molar-refractivity contribution in [3.63, 3.8) is 0 Å². The van der Waals surface area contributed by atoms with Crippen molar-refractivity contribution in [2.45, 2.75) is 32.6 Å². The summed E-state index contributed by atoms with van der Waals surface area (Å²) in [7, 11) is 1.79. The summed E-state index contributed by atoms with van der Waals surface area (Å²) < 4.78 is 1.66. The predicted molar refractivity (Wildman–Crippen MR) is 65.3 cm³/mol. The molecule has 1 saturated heterocycles. The zero-order chi connectivity index (χ0) is 12.4. The first-order valence-electron chi connectivity index (χ1n) is 6.10. The molecule has 2 rings (SSSR count). The summed E-state index contributed by atoms with van der Waals surface area (Å²) in [6.07, 6.45) is 4.01. The van der Waals surface area contributed by atoms with Gasteiger partial charge in [0.15, 0.2) is 0 Å². The molecule has 2 heterocycles. The van der Waals surface area contributed by atoms with E-state index in [0.29, 0.717) is 17.9 Å². The second-order valence-electron chi connectivity index (χ2n) is 4.40. The van der Waals surface area contributed by atoms with Crippen LogP contribution in [-0.4, -0.2) is 27.8 Å². The van der Waals surface area contributed by atoms with Crippen molar-refractivity contribution in [3.8, 4) is 0 Å². The standard InChI is InChI=1S/C11H18N4O2/c1-3-9-10(15(16)17)11(13(2)12-9)14-7-5-4-6-8-14/h3-8H2,1-2H3.